The molecule has 0 spiro atoms. The number of hydrogen-bond donors (Lipinski definition) is 4. The van der Waals surface area contributed by atoms with Crippen LogP contribution in [0.4, 0.5) is 4.79 Å². The lowest BCUT2D eigenvalue weighted by molar-refractivity contribution is -0.144. The number of carbonyl (C=O) groups excluding carboxylic acids is 2. The van der Waals surface area contributed by atoms with Crippen LogP contribution in [-0.4, -0.2) is 52.3 Å². The Morgan fingerprint density at radius 2 is 1.42 bits per heavy atom. The van der Waals surface area contributed by atoms with Gasteiger partial charge in [-0.25, -0.2) is 9.59 Å². The summed E-state index contributed by atoms with van der Waals surface area (Å²) < 4.78 is 4.77. The summed E-state index contributed by atoms with van der Waals surface area (Å²) in [5.41, 5.74) is -1.15. The number of carboxylic acids is 2. The van der Waals surface area contributed by atoms with Gasteiger partial charge in [-0.3, -0.25) is 9.59 Å². The van der Waals surface area contributed by atoms with E-state index in [2.05, 4.69) is 10.6 Å². The zero-order valence-corrected chi connectivity index (χ0v) is 16.8. The summed E-state index contributed by atoms with van der Waals surface area (Å²) in [6.07, 6.45) is -0.718. The van der Waals surface area contributed by atoms with Crippen molar-refractivity contribution >= 4 is 23.9 Å². The predicted molar refractivity (Wildman–Crippen MR) is 95.7 cm³/mol. The Balaban J connectivity index is 0. The van der Waals surface area contributed by atoms with Crippen molar-refractivity contribution in [2.75, 3.05) is 6.54 Å². The molecule has 1 atom stereocenters. The van der Waals surface area contributed by atoms with Crippen molar-refractivity contribution in [3.63, 3.8) is 0 Å². The minimum atomic E-state index is -1.10. The molecule has 0 aromatic rings. The van der Waals surface area contributed by atoms with E-state index in [0.717, 1.165) is 0 Å². The van der Waals surface area contributed by atoms with Crippen LogP contribution in [0.15, 0.2) is 0 Å². The number of aliphatic carboxylic acids is 2. The Morgan fingerprint density at radius 3 is 1.69 bits per heavy atom. The maximum absolute atomic E-state index is 11.5. The fourth-order valence-electron chi connectivity index (χ4n) is 1.33. The summed E-state index contributed by atoms with van der Waals surface area (Å²) in [6.45, 7) is 13.5. The molecule has 0 bridgehead atoms. The van der Waals surface area contributed by atoms with E-state index in [1.165, 1.54) is 0 Å². The number of ether oxygens (including phenoxy) is 1. The van der Waals surface area contributed by atoms with Crippen LogP contribution in [0.1, 0.15) is 55.4 Å². The minimum Gasteiger partial charge on any atom is -0.480 e. The van der Waals surface area contributed by atoms with Crippen LogP contribution >= 0.6 is 0 Å². The van der Waals surface area contributed by atoms with Gasteiger partial charge in [-0.15, -0.1) is 0 Å². The van der Waals surface area contributed by atoms with Crippen LogP contribution in [0.2, 0.25) is 0 Å². The maximum atomic E-state index is 11.5. The van der Waals surface area contributed by atoms with Crippen LogP contribution in [0.3, 0.4) is 0 Å². The second kappa shape index (κ2) is 10.6. The van der Waals surface area contributed by atoms with Gasteiger partial charge in [-0.2, -0.15) is 0 Å². The van der Waals surface area contributed by atoms with Gasteiger partial charge in [0.2, 0.25) is 5.91 Å². The minimum absolute atomic E-state index is 0.112. The van der Waals surface area contributed by atoms with Crippen molar-refractivity contribution in [1.82, 2.24) is 10.6 Å². The number of nitrogens with one attached hydrogen (secondary N) is 2. The molecule has 2 amide bonds. The highest BCUT2D eigenvalue weighted by Gasteiger charge is 2.29. The molecule has 0 aliphatic rings. The molecule has 26 heavy (non-hydrogen) atoms. The SMILES string of the molecule is CC(C)(C)OC(=O)NCC(=O)O.CC(C)[C@H](NC(=O)C(C)(C)C)C(=O)O. The van der Waals surface area contributed by atoms with Crippen molar-refractivity contribution in [2.45, 2.75) is 67.0 Å². The quantitative estimate of drug-likeness (QED) is 0.573. The molecule has 0 aromatic heterocycles. The highest BCUT2D eigenvalue weighted by atomic mass is 16.6. The third-order valence-electron chi connectivity index (χ3n) is 2.68. The molecule has 0 aliphatic heterocycles. The highest BCUT2D eigenvalue weighted by Crippen LogP contribution is 2.14. The molecule has 9 nitrogen and oxygen atoms in total. The van der Waals surface area contributed by atoms with Gasteiger partial charge in [0.25, 0.3) is 0 Å². The zero-order valence-electron chi connectivity index (χ0n) is 16.8. The molecule has 0 saturated heterocycles. The number of carbonyl (C=O) groups is 4. The van der Waals surface area contributed by atoms with Crippen molar-refractivity contribution in [3.8, 4) is 0 Å². The lowest BCUT2D eigenvalue weighted by Crippen LogP contribution is -2.48. The first-order valence-corrected chi connectivity index (χ1v) is 8.19. The Kier molecular flexibility index (Phi) is 10.6. The fraction of sp³-hybridized carbons (Fsp3) is 0.765. The summed E-state index contributed by atoms with van der Waals surface area (Å²) in [7, 11) is 0. The summed E-state index contributed by atoms with van der Waals surface area (Å²) in [4.78, 5) is 43.1. The topological polar surface area (TPSA) is 142 Å². The van der Waals surface area contributed by atoms with E-state index in [4.69, 9.17) is 14.9 Å². The second-order valence-electron chi connectivity index (χ2n) is 8.03. The third-order valence-corrected chi connectivity index (χ3v) is 2.68. The van der Waals surface area contributed by atoms with Crippen molar-refractivity contribution < 1.29 is 34.1 Å². The largest absolute Gasteiger partial charge is 0.480 e. The number of alkyl carbamates (subject to hydrolysis) is 1. The molecule has 0 aliphatic carbocycles. The molecule has 0 radical (unpaired) electrons. The number of carboxylic acid groups (broad SMARTS) is 2. The highest BCUT2D eigenvalue weighted by molar-refractivity contribution is 5.86. The number of hydrogen-bond acceptors (Lipinski definition) is 5. The lowest BCUT2D eigenvalue weighted by Gasteiger charge is -2.23. The Morgan fingerprint density at radius 1 is 0.962 bits per heavy atom. The molecule has 0 unspecified atom stereocenters. The van der Waals surface area contributed by atoms with Crippen LogP contribution in [0.5, 0.6) is 0 Å². The van der Waals surface area contributed by atoms with E-state index in [-0.39, 0.29) is 11.8 Å². The summed E-state index contributed by atoms with van der Waals surface area (Å²) in [6, 6.07) is -0.804. The third kappa shape index (κ3) is 14.1. The van der Waals surface area contributed by atoms with Gasteiger partial charge in [0.15, 0.2) is 0 Å². The van der Waals surface area contributed by atoms with Gasteiger partial charge in [0.05, 0.1) is 0 Å². The van der Waals surface area contributed by atoms with E-state index in [0.29, 0.717) is 0 Å². The molecule has 0 heterocycles. The van der Waals surface area contributed by atoms with Gasteiger partial charge in [-0.1, -0.05) is 34.6 Å². The summed E-state index contributed by atoms with van der Waals surface area (Å²) in [5, 5.41) is 21.6. The molecular formula is C17H32N2O7. The van der Waals surface area contributed by atoms with Crippen LogP contribution in [0, 0.1) is 11.3 Å². The molecule has 0 saturated carbocycles. The Labute approximate surface area is 154 Å². The molecule has 0 fully saturated rings. The number of rotatable bonds is 5. The normalized spacial score (nSPS) is 12.3. The molecule has 4 N–H and O–H groups in total. The van der Waals surface area contributed by atoms with Crippen LogP contribution < -0.4 is 10.6 Å². The monoisotopic (exact) mass is 376 g/mol. The zero-order chi connectivity index (χ0) is 21.3. The average Bonchev–Trinajstić information content (AvgIpc) is 2.39. The Hall–Kier alpha value is -2.32. The maximum Gasteiger partial charge on any atom is 0.408 e. The smallest absolute Gasteiger partial charge is 0.408 e. The molecule has 9 heteroatoms. The Bertz CT molecular complexity index is 502. The second-order valence-corrected chi connectivity index (χ2v) is 8.03. The van der Waals surface area contributed by atoms with Crippen molar-refractivity contribution in [1.29, 1.82) is 0 Å². The summed E-state index contributed by atoms with van der Waals surface area (Å²) in [5.74, 6) is -2.43. The standard InChI is InChI=1S/C10H19NO3.C7H13NO4/c1-6(2)7(8(12)13)11-9(14)10(3,4)5;1-7(2,3)12-6(11)8-4-5(9)10/h6-7H,1-5H3,(H,11,14)(H,12,13);4H2,1-3H3,(H,8,11)(H,9,10)/t7-;/m0./s1. The number of amides is 2. The van der Waals surface area contributed by atoms with Gasteiger partial charge in [0.1, 0.15) is 18.2 Å². The van der Waals surface area contributed by atoms with Gasteiger partial charge >= 0.3 is 18.0 Å². The van der Waals surface area contributed by atoms with Gasteiger partial charge < -0.3 is 25.6 Å². The van der Waals surface area contributed by atoms with Crippen molar-refractivity contribution in [2.24, 2.45) is 11.3 Å². The lowest BCUT2D eigenvalue weighted by atomic mass is 9.94. The van der Waals surface area contributed by atoms with Gasteiger partial charge in [-0.05, 0) is 26.7 Å². The van der Waals surface area contributed by atoms with Crippen LogP contribution in [0.25, 0.3) is 0 Å². The van der Waals surface area contributed by atoms with E-state index in [1.807, 2.05) is 0 Å². The molecule has 0 rings (SSSR count). The van der Waals surface area contributed by atoms with Crippen LogP contribution in [-0.2, 0) is 19.1 Å². The van der Waals surface area contributed by atoms with E-state index in [9.17, 15) is 19.2 Å². The summed E-state index contributed by atoms with van der Waals surface area (Å²) >= 11 is 0. The van der Waals surface area contributed by atoms with Crippen molar-refractivity contribution in [3.05, 3.63) is 0 Å². The average molecular weight is 376 g/mol. The first-order chi connectivity index (χ1) is 11.5. The van der Waals surface area contributed by atoms with E-state index >= 15 is 0 Å². The molecule has 152 valence electrons. The molecular weight excluding hydrogens is 344 g/mol. The fourth-order valence-corrected chi connectivity index (χ4v) is 1.33. The first kappa shape index (κ1) is 25.9. The van der Waals surface area contributed by atoms with E-state index in [1.54, 1.807) is 55.4 Å². The van der Waals surface area contributed by atoms with E-state index < -0.39 is 41.6 Å². The predicted octanol–water partition coefficient (Wildman–Crippen LogP) is 1.85. The van der Waals surface area contributed by atoms with Gasteiger partial charge in [0, 0.05) is 5.41 Å². The molecule has 0 aromatic carbocycles. The first-order valence-electron chi connectivity index (χ1n) is 8.19.